The van der Waals surface area contributed by atoms with Crippen molar-refractivity contribution in [2.45, 2.75) is 46.7 Å². The van der Waals surface area contributed by atoms with Crippen LogP contribution in [0.4, 0.5) is 5.00 Å². The normalized spacial score (nSPS) is 11.4. The minimum absolute atomic E-state index is 0.547. The van der Waals surface area contributed by atoms with E-state index in [2.05, 4.69) is 47.5 Å². The van der Waals surface area contributed by atoms with Crippen molar-refractivity contribution in [2.24, 2.45) is 0 Å². The quantitative estimate of drug-likeness (QED) is 0.798. The fraction of sp³-hybridized carbons (Fsp3) is 0.818. The number of rotatable bonds is 7. The van der Waals surface area contributed by atoms with Crippen LogP contribution in [0.15, 0.2) is 0 Å². The molecule has 0 saturated carbocycles. The molecule has 0 aliphatic rings. The molecule has 1 heterocycles. The van der Waals surface area contributed by atoms with Crippen LogP contribution in [-0.4, -0.2) is 33.6 Å². The first-order valence-electron chi connectivity index (χ1n) is 5.98. The molecule has 0 spiro atoms. The van der Waals surface area contributed by atoms with Crippen LogP contribution in [0.2, 0.25) is 0 Å². The zero-order valence-electron chi connectivity index (χ0n) is 10.7. The molecule has 0 bridgehead atoms. The third kappa shape index (κ3) is 3.72. The number of nitrogens with one attached hydrogen (secondary N) is 1. The lowest BCUT2D eigenvalue weighted by Crippen LogP contribution is -2.30. The molecular weight excluding hydrogens is 220 g/mol. The summed E-state index contributed by atoms with van der Waals surface area (Å²) in [6.45, 7) is 11.7. The molecule has 0 aromatic carbocycles. The van der Waals surface area contributed by atoms with Crippen molar-refractivity contribution in [3.05, 3.63) is 5.69 Å². The summed E-state index contributed by atoms with van der Waals surface area (Å²) in [5, 5.41) is 8.71. The highest BCUT2D eigenvalue weighted by Gasteiger charge is 2.13. The van der Waals surface area contributed by atoms with Gasteiger partial charge in [0.2, 0.25) is 0 Å². The molecule has 0 aliphatic carbocycles. The Balaban J connectivity index is 2.61. The minimum atomic E-state index is 0.547. The molecule has 0 unspecified atom stereocenters. The van der Waals surface area contributed by atoms with Gasteiger partial charge in [-0.05, 0) is 26.8 Å². The molecular formula is C11H22N4S. The van der Waals surface area contributed by atoms with E-state index in [0.29, 0.717) is 6.04 Å². The minimum Gasteiger partial charge on any atom is -0.374 e. The Morgan fingerprint density at radius 3 is 2.69 bits per heavy atom. The summed E-state index contributed by atoms with van der Waals surface area (Å²) in [5.41, 5.74) is 1.08. The maximum Gasteiger partial charge on any atom is 0.134 e. The second-order valence-corrected chi connectivity index (χ2v) is 4.89. The Kier molecular flexibility index (Phi) is 5.69. The maximum absolute atomic E-state index is 4.20. The van der Waals surface area contributed by atoms with E-state index in [1.54, 1.807) is 0 Å². The van der Waals surface area contributed by atoms with Crippen molar-refractivity contribution >= 4 is 16.5 Å². The Hall–Kier alpha value is -0.680. The number of aromatic nitrogens is 2. The van der Waals surface area contributed by atoms with Crippen LogP contribution >= 0.6 is 11.5 Å². The number of hydrogen-bond donors (Lipinski definition) is 1. The smallest absolute Gasteiger partial charge is 0.134 e. The third-order valence-corrected chi connectivity index (χ3v) is 3.31. The van der Waals surface area contributed by atoms with Gasteiger partial charge < -0.3 is 5.32 Å². The highest BCUT2D eigenvalue weighted by Crippen LogP contribution is 2.19. The fourth-order valence-electron chi connectivity index (χ4n) is 1.54. The molecule has 0 amide bonds. The van der Waals surface area contributed by atoms with Gasteiger partial charge in [-0.2, -0.15) is 0 Å². The molecule has 1 rings (SSSR count). The maximum atomic E-state index is 4.20. The van der Waals surface area contributed by atoms with Crippen LogP contribution in [0.3, 0.4) is 0 Å². The van der Waals surface area contributed by atoms with E-state index in [0.717, 1.165) is 36.8 Å². The van der Waals surface area contributed by atoms with Crippen molar-refractivity contribution in [1.82, 2.24) is 14.5 Å². The topological polar surface area (TPSA) is 41.1 Å². The summed E-state index contributed by atoms with van der Waals surface area (Å²) in [7, 11) is 0. The van der Waals surface area contributed by atoms with Gasteiger partial charge in [0.25, 0.3) is 0 Å². The summed E-state index contributed by atoms with van der Waals surface area (Å²) in [6, 6.07) is 0.547. The average molecular weight is 242 g/mol. The lowest BCUT2D eigenvalue weighted by atomic mass is 10.3. The van der Waals surface area contributed by atoms with Crippen molar-refractivity contribution in [2.75, 3.05) is 18.4 Å². The van der Waals surface area contributed by atoms with Crippen molar-refractivity contribution in [3.63, 3.8) is 0 Å². The zero-order chi connectivity index (χ0) is 12.0. The van der Waals surface area contributed by atoms with E-state index in [-0.39, 0.29) is 0 Å². The van der Waals surface area contributed by atoms with E-state index < -0.39 is 0 Å². The summed E-state index contributed by atoms with van der Waals surface area (Å²) in [6.07, 6.45) is 1.12. The molecule has 16 heavy (non-hydrogen) atoms. The highest BCUT2D eigenvalue weighted by molar-refractivity contribution is 7.10. The summed E-state index contributed by atoms with van der Waals surface area (Å²) < 4.78 is 4.02. The van der Waals surface area contributed by atoms with Gasteiger partial charge in [-0.1, -0.05) is 18.3 Å². The SMILES string of the molecule is CCCNc1snnc1CN(CC)C(C)C. The van der Waals surface area contributed by atoms with Crippen LogP contribution < -0.4 is 5.32 Å². The van der Waals surface area contributed by atoms with Crippen LogP contribution in [-0.2, 0) is 6.54 Å². The Morgan fingerprint density at radius 1 is 1.38 bits per heavy atom. The van der Waals surface area contributed by atoms with E-state index in [1.165, 1.54) is 11.5 Å². The van der Waals surface area contributed by atoms with E-state index in [4.69, 9.17) is 0 Å². The van der Waals surface area contributed by atoms with Crippen LogP contribution in [0.25, 0.3) is 0 Å². The van der Waals surface area contributed by atoms with Gasteiger partial charge >= 0.3 is 0 Å². The van der Waals surface area contributed by atoms with Gasteiger partial charge in [0.15, 0.2) is 0 Å². The molecule has 4 nitrogen and oxygen atoms in total. The van der Waals surface area contributed by atoms with Crippen molar-refractivity contribution in [3.8, 4) is 0 Å². The number of anilines is 1. The summed E-state index contributed by atoms with van der Waals surface area (Å²) >= 11 is 1.45. The molecule has 0 radical (unpaired) electrons. The first-order valence-corrected chi connectivity index (χ1v) is 6.75. The van der Waals surface area contributed by atoms with E-state index in [9.17, 15) is 0 Å². The average Bonchev–Trinajstić information content (AvgIpc) is 2.69. The van der Waals surface area contributed by atoms with Crippen molar-refractivity contribution in [1.29, 1.82) is 0 Å². The second kappa shape index (κ2) is 6.81. The van der Waals surface area contributed by atoms with E-state index >= 15 is 0 Å². The zero-order valence-corrected chi connectivity index (χ0v) is 11.5. The standard InChI is InChI=1S/C11H22N4S/c1-5-7-12-11-10(13-14-16-11)8-15(6-2)9(3)4/h9,12H,5-8H2,1-4H3. The first kappa shape index (κ1) is 13.4. The predicted molar refractivity (Wildman–Crippen MR) is 69.9 cm³/mol. The van der Waals surface area contributed by atoms with Gasteiger partial charge in [-0.3, -0.25) is 4.90 Å². The first-order chi connectivity index (χ1) is 7.69. The van der Waals surface area contributed by atoms with Crippen LogP contribution in [0.1, 0.15) is 39.8 Å². The molecule has 0 fully saturated rings. The molecule has 5 heteroatoms. The number of nitrogens with zero attached hydrogens (tertiary/aromatic N) is 3. The summed E-state index contributed by atoms with van der Waals surface area (Å²) in [4.78, 5) is 2.38. The van der Waals surface area contributed by atoms with Crippen LogP contribution in [0.5, 0.6) is 0 Å². The summed E-state index contributed by atoms with van der Waals surface area (Å²) in [5.74, 6) is 0. The van der Waals surface area contributed by atoms with Gasteiger partial charge in [0, 0.05) is 30.7 Å². The lowest BCUT2D eigenvalue weighted by molar-refractivity contribution is 0.222. The Bertz CT molecular complexity index is 298. The molecule has 1 aromatic rings. The molecule has 1 N–H and O–H groups in total. The van der Waals surface area contributed by atoms with Gasteiger partial charge in [-0.25, -0.2) is 0 Å². The number of hydrogen-bond acceptors (Lipinski definition) is 5. The van der Waals surface area contributed by atoms with Gasteiger partial charge in [0.05, 0.1) is 0 Å². The Labute approximate surface area is 102 Å². The van der Waals surface area contributed by atoms with E-state index in [1.807, 2.05) is 0 Å². The highest BCUT2D eigenvalue weighted by atomic mass is 32.1. The Morgan fingerprint density at radius 2 is 2.12 bits per heavy atom. The second-order valence-electron chi connectivity index (χ2n) is 4.13. The van der Waals surface area contributed by atoms with Crippen molar-refractivity contribution < 1.29 is 0 Å². The van der Waals surface area contributed by atoms with Crippen LogP contribution in [0, 0.1) is 0 Å². The van der Waals surface area contributed by atoms with Gasteiger partial charge in [-0.15, -0.1) is 5.10 Å². The molecule has 0 atom stereocenters. The lowest BCUT2D eigenvalue weighted by Gasteiger charge is -2.23. The predicted octanol–water partition coefficient (Wildman–Crippen LogP) is 2.59. The van der Waals surface area contributed by atoms with Gasteiger partial charge in [0.1, 0.15) is 10.7 Å². The third-order valence-electron chi connectivity index (χ3n) is 2.58. The molecule has 0 aliphatic heterocycles. The molecule has 92 valence electrons. The fourth-order valence-corrected chi connectivity index (χ4v) is 2.14. The monoisotopic (exact) mass is 242 g/mol. The largest absolute Gasteiger partial charge is 0.374 e. The molecule has 1 aromatic heterocycles. The molecule has 0 saturated heterocycles.